The first-order valence-electron chi connectivity index (χ1n) is 9.36. The Hall–Kier alpha value is -2.79. The van der Waals surface area contributed by atoms with Crippen LogP contribution in [0.25, 0.3) is 10.9 Å². The van der Waals surface area contributed by atoms with Crippen LogP contribution in [-0.4, -0.2) is 17.6 Å². The maximum Gasteiger partial charge on any atom is 0.219 e. The SMILES string of the molecule is COc1ccc(C2(NCc3cn(CCC(N)=O)c4ccccc34)CC2)cc1. The van der Waals surface area contributed by atoms with Crippen molar-refractivity contribution in [2.75, 3.05) is 7.11 Å². The number of carbonyl (C=O) groups is 1. The van der Waals surface area contributed by atoms with Gasteiger partial charge in [-0.3, -0.25) is 4.79 Å². The van der Waals surface area contributed by atoms with Gasteiger partial charge in [-0.25, -0.2) is 0 Å². The van der Waals surface area contributed by atoms with Crippen molar-refractivity contribution in [1.82, 2.24) is 9.88 Å². The van der Waals surface area contributed by atoms with E-state index in [1.54, 1.807) is 7.11 Å². The van der Waals surface area contributed by atoms with Gasteiger partial charge in [0.25, 0.3) is 0 Å². The summed E-state index contributed by atoms with van der Waals surface area (Å²) in [5.41, 5.74) is 9.08. The molecular formula is C22H25N3O2. The summed E-state index contributed by atoms with van der Waals surface area (Å²) in [6.45, 7) is 1.40. The van der Waals surface area contributed by atoms with Gasteiger partial charge in [0.2, 0.25) is 5.91 Å². The van der Waals surface area contributed by atoms with Gasteiger partial charge in [-0.1, -0.05) is 30.3 Å². The molecule has 27 heavy (non-hydrogen) atoms. The molecule has 1 amide bonds. The number of carbonyl (C=O) groups excluding carboxylic acids is 1. The predicted molar refractivity (Wildman–Crippen MR) is 106 cm³/mol. The van der Waals surface area contributed by atoms with Crippen LogP contribution >= 0.6 is 0 Å². The zero-order valence-corrected chi connectivity index (χ0v) is 15.6. The number of amides is 1. The number of aromatic nitrogens is 1. The number of ether oxygens (including phenoxy) is 1. The van der Waals surface area contributed by atoms with Gasteiger partial charge in [0.05, 0.1) is 7.11 Å². The maximum absolute atomic E-state index is 11.2. The number of primary amides is 1. The van der Waals surface area contributed by atoms with Crippen molar-refractivity contribution in [1.29, 1.82) is 0 Å². The molecule has 5 heteroatoms. The van der Waals surface area contributed by atoms with Crippen molar-refractivity contribution in [2.45, 2.75) is 37.9 Å². The number of para-hydroxylation sites is 1. The molecule has 0 bridgehead atoms. The number of methoxy groups -OCH3 is 1. The van der Waals surface area contributed by atoms with Gasteiger partial charge in [0.1, 0.15) is 5.75 Å². The second kappa shape index (κ2) is 7.08. The van der Waals surface area contributed by atoms with Gasteiger partial charge < -0.3 is 20.4 Å². The van der Waals surface area contributed by atoms with E-state index in [4.69, 9.17) is 10.5 Å². The Morgan fingerprint density at radius 3 is 2.59 bits per heavy atom. The number of nitrogens with zero attached hydrogens (tertiary/aromatic N) is 1. The molecule has 0 aliphatic heterocycles. The number of nitrogens with one attached hydrogen (secondary N) is 1. The van der Waals surface area contributed by atoms with Crippen molar-refractivity contribution in [3.8, 4) is 5.75 Å². The lowest BCUT2D eigenvalue weighted by Crippen LogP contribution is -2.28. The summed E-state index contributed by atoms with van der Waals surface area (Å²) in [7, 11) is 1.69. The minimum atomic E-state index is -0.274. The summed E-state index contributed by atoms with van der Waals surface area (Å²) >= 11 is 0. The average molecular weight is 363 g/mol. The molecule has 1 aromatic heterocycles. The molecule has 1 fully saturated rings. The molecular weight excluding hydrogens is 338 g/mol. The Kier molecular flexibility index (Phi) is 4.62. The first-order chi connectivity index (χ1) is 13.1. The number of rotatable bonds is 8. The zero-order chi connectivity index (χ0) is 18.9. The molecule has 0 saturated heterocycles. The van der Waals surface area contributed by atoms with E-state index < -0.39 is 0 Å². The van der Waals surface area contributed by atoms with Crippen LogP contribution in [0.15, 0.2) is 54.7 Å². The number of aryl methyl sites for hydroxylation is 1. The quantitative estimate of drug-likeness (QED) is 0.645. The van der Waals surface area contributed by atoms with Crippen LogP contribution in [0.5, 0.6) is 5.75 Å². The molecule has 4 rings (SSSR count). The van der Waals surface area contributed by atoms with Crippen LogP contribution in [0, 0.1) is 0 Å². The van der Waals surface area contributed by atoms with E-state index in [0.29, 0.717) is 13.0 Å². The van der Waals surface area contributed by atoms with E-state index >= 15 is 0 Å². The molecule has 1 heterocycles. The highest BCUT2D eigenvalue weighted by Crippen LogP contribution is 2.46. The standard InChI is InChI=1S/C22H25N3O2/c1-27-18-8-6-17(7-9-18)22(11-12-22)24-14-16-15-25(13-10-21(23)26)20-5-3-2-4-19(16)20/h2-9,15,24H,10-14H2,1H3,(H2,23,26). The predicted octanol–water partition coefficient (Wildman–Crippen LogP) is 3.30. The van der Waals surface area contributed by atoms with Gasteiger partial charge in [0.15, 0.2) is 0 Å². The monoisotopic (exact) mass is 363 g/mol. The lowest BCUT2D eigenvalue weighted by molar-refractivity contribution is -0.118. The van der Waals surface area contributed by atoms with Crippen LogP contribution in [0.4, 0.5) is 0 Å². The van der Waals surface area contributed by atoms with Crippen LogP contribution in [0.1, 0.15) is 30.4 Å². The lowest BCUT2D eigenvalue weighted by atomic mass is 10.0. The Morgan fingerprint density at radius 2 is 1.93 bits per heavy atom. The van der Waals surface area contributed by atoms with Crippen LogP contribution in [0.2, 0.25) is 0 Å². The summed E-state index contributed by atoms with van der Waals surface area (Å²) < 4.78 is 7.40. The van der Waals surface area contributed by atoms with Crippen molar-refractivity contribution in [3.63, 3.8) is 0 Å². The summed E-state index contributed by atoms with van der Waals surface area (Å²) in [6.07, 6.45) is 4.77. The number of fused-ring (bicyclic) bond motifs is 1. The van der Waals surface area contributed by atoms with Gasteiger partial charge in [-0.2, -0.15) is 0 Å². The van der Waals surface area contributed by atoms with E-state index in [9.17, 15) is 4.79 Å². The van der Waals surface area contributed by atoms with Crippen molar-refractivity contribution >= 4 is 16.8 Å². The molecule has 140 valence electrons. The molecule has 3 aromatic rings. The molecule has 0 atom stereocenters. The third kappa shape index (κ3) is 3.55. The fourth-order valence-electron chi connectivity index (χ4n) is 3.75. The van der Waals surface area contributed by atoms with E-state index in [2.05, 4.69) is 46.4 Å². The van der Waals surface area contributed by atoms with Gasteiger partial charge in [0, 0.05) is 42.1 Å². The van der Waals surface area contributed by atoms with E-state index in [-0.39, 0.29) is 11.4 Å². The van der Waals surface area contributed by atoms with Gasteiger partial charge in [-0.05, 0) is 42.2 Å². The van der Waals surface area contributed by atoms with E-state index in [1.165, 1.54) is 16.5 Å². The van der Waals surface area contributed by atoms with Crippen molar-refractivity contribution < 1.29 is 9.53 Å². The summed E-state index contributed by atoms with van der Waals surface area (Å²) in [6, 6.07) is 16.7. The minimum Gasteiger partial charge on any atom is -0.497 e. The molecule has 0 radical (unpaired) electrons. The van der Waals surface area contributed by atoms with Crippen molar-refractivity contribution in [3.05, 3.63) is 65.9 Å². The van der Waals surface area contributed by atoms with Crippen molar-refractivity contribution in [2.24, 2.45) is 5.73 Å². The third-order valence-electron chi connectivity index (χ3n) is 5.48. The summed E-state index contributed by atoms with van der Waals surface area (Å²) in [5, 5.41) is 4.99. The van der Waals surface area contributed by atoms with Gasteiger partial charge in [-0.15, -0.1) is 0 Å². The number of benzene rings is 2. The Morgan fingerprint density at radius 1 is 1.19 bits per heavy atom. The first-order valence-corrected chi connectivity index (χ1v) is 9.36. The molecule has 5 nitrogen and oxygen atoms in total. The number of hydrogen-bond acceptors (Lipinski definition) is 3. The molecule has 1 aliphatic rings. The minimum absolute atomic E-state index is 0.0582. The molecule has 2 aromatic carbocycles. The van der Waals surface area contributed by atoms with Crippen LogP contribution < -0.4 is 15.8 Å². The lowest BCUT2D eigenvalue weighted by Gasteiger charge is -2.18. The molecule has 1 saturated carbocycles. The second-order valence-corrected chi connectivity index (χ2v) is 7.25. The molecule has 3 N–H and O–H groups in total. The Labute approximate surface area is 159 Å². The smallest absolute Gasteiger partial charge is 0.219 e. The fraction of sp³-hybridized carbons (Fsp3) is 0.318. The largest absolute Gasteiger partial charge is 0.497 e. The van der Waals surface area contributed by atoms with E-state index in [0.717, 1.165) is 30.7 Å². The molecule has 0 spiro atoms. The van der Waals surface area contributed by atoms with Crippen LogP contribution in [0.3, 0.4) is 0 Å². The highest BCUT2D eigenvalue weighted by atomic mass is 16.5. The van der Waals surface area contributed by atoms with Gasteiger partial charge >= 0.3 is 0 Å². The summed E-state index contributed by atoms with van der Waals surface area (Å²) in [5.74, 6) is 0.607. The number of nitrogens with two attached hydrogens (primary N) is 1. The third-order valence-corrected chi connectivity index (χ3v) is 5.48. The highest BCUT2D eigenvalue weighted by Gasteiger charge is 2.43. The van der Waals surface area contributed by atoms with E-state index in [1.807, 2.05) is 18.2 Å². The molecule has 0 unspecified atom stereocenters. The normalized spacial score (nSPS) is 15.0. The first kappa shape index (κ1) is 17.6. The Bertz CT molecular complexity index is 955. The Balaban J connectivity index is 1.54. The molecule has 1 aliphatic carbocycles. The number of hydrogen-bond donors (Lipinski definition) is 2. The maximum atomic E-state index is 11.2. The topological polar surface area (TPSA) is 69.3 Å². The fourth-order valence-corrected chi connectivity index (χ4v) is 3.75. The average Bonchev–Trinajstić information content (AvgIpc) is 3.41. The summed E-state index contributed by atoms with van der Waals surface area (Å²) in [4.78, 5) is 11.2. The zero-order valence-electron chi connectivity index (χ0n) is 15.6. The van der Waals surface area contributed by atoms with Crippen LogP contribution in [-0.2, 0) is 23.4 Å². The highest BCUT2D eigenvalue weighted by molar-refractivity contribution is 5.84. The second-order valence-electron chi connectivity index (χ2n) is 7.25.